The summed E-state index contributed by atoms with van der Waals surface area (Å²) in [5, 5.41) is 0. The van der Waals surface area contributed by atoms with E-state index in [1.807, 2.05) is 34.6 Å². The van der Waals surface area contributed by atoms with Crippen molar-refractivity contribution >= 4 is 11.8 Å². The minimum absolute atomic E-state index is 0.0872. The van der Waals surface area contributed by atoms with Crippen LogP contribution in [-0.4, -0.2) is 54.3 Å². The monoisotopic (exact) mass is 257 g/mol. The number of amides is 2. The number of carbonyl (C=O) groups is 2. The molecule has 0 aliphatic carbocycles. The van der Waals surface area contributed by atoms with Crippen molar-refractivity contribution in [3.8, 4) is 0 Å². The van der Waals surface area contributed by atoms with E-state index in [-0.39, 0.29) is 18.4 Å². The zero-order valence-electron chi connectivity index (χ0n) is 12.7. The first kappa shape index (κ1) is 16.9. The summed E-state index contributed by atoms with van der Waals surface area (Å²) in [5.41, 5.74) is 4.70. The van der Waals surface area contributed by atoms with Crippen LogP contribution < -0.4 is 5.73 Å². The smallest absolute Gasteiger partial charge is 0.241 e. The van der Waals surface area contributed by atoms with Crippen LogP contribution in [0.25, 0.3) is 0 Å². The summed E-state index contributed by atoms with van der Waals surface area (Å²) in [7, 11) is 3.36. The third-order valence-corrected chi connectivity index (χ3v) is 3.64. The molecular formula is C13H27N3O2. The maximum absolute atomic E-state index is 12.5. The predicted octanol–water partition coefficient (Wildman–Crippen LogP) is 0.687. The molecule has 0 heterocycles. The van der Waals surface area contributed by atoms with Gasteiger partial charge in [-0.3, -0.25) is 9.59 Å². The second-order valence-corrected chi connectivity index (χ2v) is 5.95. The molecule has 0 bridgehead atoms. The molecule has 0 aromatic carbocycles. The molecule has 0 aromatic heterocycles. The Morgan fingerprint density at radius 3 is 1.83 bits per heavy atom. The minimum Gasteiger partial charge on any atom is -0.347 e. The normalized spacial score (nSPS) is 12.2. The zero-order chi connectivity index (χ0) is 14.7. The highest BCUT2D eigenvalue weighted by atomic mass is 16.2. The standard InChI is InChI=1S/C13H27N3O2/c1-8-16(9-10(17)15(6)7)11(18)12(2,3)13(4,5)14/h8-9,14H2,1-7H3. The van der Waals surface area contributed by atoms with E-state index in [2.05, 4.69) is 0 Å². The number of carbonyl (C=O) groups excluding carboxylic acids is 2. The van der Waals surface area contributed by atoms with Crippen molar-refractivity contribution < 1.29 is 9.59 Å². The Kier molecular flexibility index (Phi) is 5.35. The molecule has 5 heteroatoms. The number of rotatable bonds is 5. The van der Waals surface area contributed by atoms with E-state index in [1.165, 1.54) is 4.90 Å². The fourth-order valence-corrected chi connectivity index (χ4v) is 1.30. The van der Waals surface area contributed by atoms with E-state index in [0.29, 0.717) is 6.54 Å². The topological polar surface area (TPSA) is 66.6 Å². The number of hydrogen-bond acceptors (Lipinski definition) is 3. The molecule has 0 aliphatic heterocycles. The van der Waals surface area contributed by atoms with Gasteiger partial charge in [-0.15, -0.1) is 0 Å². The molecular weight excluding hydrogens is 230 g/mol. The van der Waals surface area contributed by atoms with E-state index in [1.54, 1.807) is 19.0 Å². The van der Waals surface area contributed by atoms with Crippen LogP contribution in [-0.2, 0) is 9.59 Å². The third-order valence-electron chi connectivity index (χ3n) is 3.64. The van der Waals surface area contributed by atoms with Crippen molar-refractivity contribution in [1.82, 2.24) is 9.80 Å². The lowest BCUT2D eigenvalue weighted by Gasteiger charge is -2.40. The summed E-state index contributed by atoms with van der Waals surface area (Å²) >= 11 is 0. The lowest BCUT2D eigenvalue weighted by Crippen LogP contribution is -2.57. The molecule has 0 atom stereocenters. The van der Waals surface area contributed by atoms with Crippen LogP contribution >= 0.6 is 0 Å². The molecule has 0 aliphatic rings. The first-order valence-corrected chi connectivity index (χ1v) is 6.23. The molecule has 2 amide bonds. The first-order chi connectivity index (χ1) is 7.95. The maximum atomic E-state index is 12.5. The van der Waals surface area contributed by atoms with Crippen molar-refractivity contribution in [3.63, 3.8) is 0 Å². The van der Waals surface area contributed by atoms with Crippen molar-refractivity contribution in [2.45, 2.75) is 40.2 Å². The van der Waals surface area contributed by atoms with Gasteiger partial charge in [0.2, 0.25) is 11.8 Å². The van der Waals surface area contributed by atoms with Gasteiger partial charge < -0.3 is 15.5 Å². The molecule has 0 saturated carbocycles. The van der Waals surface area contributed by atoms with Gasteiger partial charge in [0.1, 0.15) is 0 Å². The van der Waals surface area contributed by atoms with Gasteiger partial charge >= 0.3 is 0 Å². The van der Waals surface area contributed by atoms with Crippen molar-refractivity contribution in [2.75, 3.05) is 27.2 Å². The first-order valence-electron chi connectivity index (χ1n) is 6.23. The predicted molar refractivity (Wildman–Crippen MR) is 73.0 cm³/mol. The fraction of sp³-hybridized carbons (Fsp3) is 0.846. The van der Waals surface area contributed by atoms with Gasteiger partial charge in [0.05, 0.1) is 12.0 Å². The van der Waals surface area contributed by atoms with Crippen LogP contribution in [0.5, 0.6) is 0 Å². The Balaban J connectivity index is 4.99. The molecule has 18 heavy (non-hydrogen) atoms. The van der Waals surface area contributed by atoms with Crippen LogP contribution in [0, 0.1) is 5.41 Å². The SMILES string of the molecule is CCN(CC(=O)N(C)C)C(=O)C(C)(C)C(C)(C)N. The Hall–Kier alpha value is -1.10. The van der Waals surface area contributed by atoms with Crippen LogP contribution in [0.15, 0.2) is 0 Å². The average Bonchev–Trinajstić information content (AvgIpc) is 2.22. The van der Waals surface area contributed by atoms with E-state index in [0.717, 1.165) is 0 Å². The summed E-state index contributed by atoms with van der Waals surface area (Å²) in [6.45, 7) is 9.75. The molecule has 0 radical (unpaired) electrons. The summed E-state index contributed by atoms with van der Waals surface area (Å²) in [4.78, 5) is 27.2. The van der Waals surface area contributed by atoms with E-state index < -0.39 is 11.0 Å². The van der Waals surface area contributed by atoms with Crippen molar-refractivity contribution in [2.24, 2.45) is 11.1 Å². The Morgan fingerprint density at radius 1 is 1.11 bits per heavy atom. The summed E-state index contributed by atoms with van der Waals surface area (Å²) < 4.78 is 0. The van der Waals surface area contributed by atoms with Crippen molar-refractivity contribution in [1.29, 1.82) is 0 Å². The van der Waals surface area contributed by atoms with Gasteiger partial charge in [-0.1, -0.05) is 0 Å². The molecule has 106 valence electrons. The van der Waals surface area contributed by atoms with Crippen molar-refractivity contribution in [3.05, 3.63) is 0 Å². The number of likely N-dealkylation sites (N-methyl/N-ethyl adjacent to an activating group) is 2. The highest BCUT2D eigenvalue weighted by Gasteiger charge is 2.42. The van der Waals surface area contributed by atoms with Gasteiger partial charge in [0, 0.05) is 26.2 Å². The number of hydrogen-bond donors (Lipinski definition) is 1. The van der Waals surface area contributed by atoms with Gasteiger partial charge in [0.25, 0.3) is 0 Å². The molecule has 0 rings (SSSR count). The zero-order valence-corrected chi connectivity index (χ0v) is 12.7. The second kappa shape index (κ2) is 5.69. The molecule has 0 fully saturated rings. The molecule has 0 aromatic rings. The lowest BCUT2D eigenvalue weighted by atomic mass is 9.74. The van der Waals surface area contributed by atoms with E-state index in [4.69, 9.17) is 5.73 Å². The summed E-state index contributed by atoms with van der Waals surface area (Å²) in [6, 6.07) is 0. The van der Waals surface area contributed by atoms with Crippen LogP contribution in [0.1, 0.15) is 34.6 Å². The largest absolute Gasteiger partial charge is 0.347 e. The molecule has 2 N–H and O–H groups in total. The Labute approximate surface area is 110 Å². The quantitative estimate of drug-likeness (QED) is 0.788. The van der Waals surface area contributed by atoms with Gasteiger partial charge in [-0.25, -0.2) is 0 Å². The molecule has 0 unspecified atom stereocenters. The maximum Gasteiger partial charge on any atom is 0.241 e. The Morgan fingerprint density at radius 2 is 1.56 bits per heavy atom. The van der Waals surface area contributed by atoms with Crippen LogP contribution in [0.2, 0.25) is 0 Å². The summed E-state index contributed by atoms with van der Waals surface area (Å²) in [6.07, 6.45) is 0. The van der Waals surface area contributed by atoms with E-state index in [9.17, 15) is 9.59 Å². The highest BCUT2D eigenvalue weighted by molar-refractivity contribution is 5.88. The number of nitrogens with zero attached hydrogens (tertiary/aromatic N) is 2. The minimum atomic E-state index is -0.713. The van der Waals surface area contributed by atoms with Gasteiger partial charge in [0.15, 0.2) is 0 Å². The fourth-order valence-electron chi connectivity index (χ4n) is 1.30. The molecule has 0 saturated heterocycles. The summed E-state index contributed by atoms with van der Waals surface area (Å²) in [5.74, 6) is -0.177. The second-order valence-electron chi connectivity index (χ2n) is 5.95. The van der Waals surface area contributed by atoms with Crippen LogP contribution in [0.3, 0.4) is 0 Å². The van der Waals surface area contributed by atoms with Gasteiger partial charge in [-0.2, -0.15) is 0 Å². The average molecular weight is 257 g/mol. The lowest BCUT2D eigenvalue weighted by molar-refractivity contribution is -0.147. The molecule has 5 nitrogen and oxygen atoms in total. The third kappa shape index (κ3) is 3.70. The van der Waals surface area contributed by atoms with E-state index >= 15 is 0 Å². The van der Waals surface area contributed by atoms with Crippen LogP contribution in [0.4, 0.5) is 0 Å². The Bertz CT molecular complexity index is 317. The van der Waals surface area contributed by atoms with Gasteiger partial charge in [-0.05, 0) is 34.6 Å². The highest BCUT2D eigenvalue weighted by Crippen LogP contribution is 2.30. The number of nitrogens with two attached hydrogens (primary N) is 1. The molecule has 0 spiro atoms.